The zero-order chi connectivity index (χ0) is 37.6. The first-order valence-corrected chi connectivity index (χ1v) is 21.5. The average molecular weight is 733 g/mol. The molecule has 1 amide bonds. The van der Waals surface area contributed by atoms with Gasteiger partial charge in [0.1, 0.15) is 0 Å². The van der Waals surface area contributed by atoms with E-state index in [0.717, 1.165) is 50.5 Å². The molecule has 9 heteroatoms. The molecule has 0 bridgehead atoms. The maximum atomic E-state index is 14.0. The monoisotopic (exact) mass is 732 g/mol. The van der Waals surface area contributed by atoms with E-state index in [1.54, 1.807) is 0 Å². The summed E-state index contributed by atoms with van der Waals surface area (Å²) in [4.78, 5) is 41.8. The largest absolute Gasteiger partial charge is 0.465 e. The summed E-state index contributed by atoms with van der Waals surface area (Å²) in [5.41, 5.74) is 4.76. The van der Waals surface area contributed by atoms with E-state index in [2.05, 4.69) is 72.0 Å². The smallest absolute Gasteiger partial charge is 0.337 e. The Morgan fingerprint density at radius 2 is 1.60 bits per heavy atom. The number of carbonyl (C=O) groups excluding carboxylic acids is 3. The highest BCUT2D eigenvalue weighted by molar-refractivity contribution is 7.91. The topological polar surface area (TPSA) is 110 Å². The minimum atomic E-state index is -3.04. The SMILES string of the molecule is COC(=O)c1ccc(C2=CC[C@@]3(C)C(CC[C@]4(C)C3CCC3C5=C(C(C)C)C(=O)C[C@]5(NC(=O)CN5CCS(=O)(=O)CC5)CC[C@]34C)C2(C)C)cc1. The van der Waals surface area contributed by atoms with Gasteiger partial charge in [0.25, 0.3) is 0 Å². The number of nitrogens with zero attached hydrogens (tertiary/aromatic N) is 1. The Hall–Kier alpha value is -2.78. The van der Waals surface area contributed by atoms with Gasteiger partial charge in [0.2, 0.25) is 5.91 Å². The molecule has 8 nitrogen and oxygen atoms in total. The van der Waals surface area contributed by atoms with Gasteiger partial charge in [-0.15, -0.1) is 0 Å². The van der Waals surface area contributed by atoms with Crippen molar-refractivity contribution < 1.29 is 27.5 Å². The summed E-state index contributed by atoms with van der Waals surface area (Å²) in [5.74, 6) is 1.29. The van der Waals surface area contributed by atoms with E-state index in [1.807, 2.05) is 17.0 Å². The number of allylic oxidation sites excluding steroid dienone is 3. The van der Waals surface area contributed by atoms with Crippen LogP contribution in [-0.2, 0) is 24.2 Å². The van der Waals surface area contributed by atoms with Crippen molar-refractivity contribution in [2.75, 3.05) is 38.2 Å². The average Bonchev–Trinajstić information content (AvgIpc) is 3.37. The zero-order valence-electron chi connectivity index (χ0n) is 32.7. The third-order valence-corrected chi connectivity index (χ3v) is 17.4. The number of fused-ring (bicyclic) bond motifs is 7. The van der Waals surface area contributed by atoms with Gasteiger partial charge >= 0.3 is 5.97 Å². The van der Waals surface area contributed by atoms with Gasteiger partial charge in [0.05, 0.1) is 36.3 Å². The molecule has 1 N–H and O–H groups in total. The first-order valence-electron chi connectivity index (χ1n) is 19.7. The fraction of sp³-hybridized carbons (Fsp3) is 0.698. The molecule has 3 saturated carbocycles. The second-order valence-electron chi connectivity index (χ2n) is 18.9. The molecule has 0 spiro atoms. The summed E-state index contributed by atoms with van der Waals surface area (Å²) in [5, 5.41) is 3.47. The number of nitrogens with one attached hydrogen (secondary N) is 1. The molecule has 1 aliphatic heterocycles. The lowest BCUT2D eigenvalue weighted by Gasteiger charge is -2.71. The lowest BCUT2D eigenvalue weighted by atomic mass is 9.33. The zero-order valence-corrected chi connectivity index (χ0v) is 33.5. The number of carbonyl (C=O) groups is 3. The van der Waals surface area contributed by atoms with Crippen LogP contribution in [0.2, 0.25) is 0 Å². The van der Waals surface area contributed by atoms with Gasteiger partial charge in [-0.3, -0.25) is 14.5 Å². The van der Waals surface area contributed by atoms with E-state index in [1.165, 1.54) is 23.8 Å². The quantitative estimate of drug-likeness (QED) is 0.313. The third-order valence-electron chi connectivity index (χ3n) is 15.8. The van der Waals surface area contributed by atoms with Crippen molar-refractivity contribution in [3.8, 4) is 0 Å². The van der Waals surface area contributed by atoms with Crippen LogP contribution in [0.15, 0.2) is 41.5 Å². The highest BCUT2D eigenvalue weighted by atomic mass is 32.2. The molecule has 1 aromatic rings. The Morgan fingerprint density at radius 1 is 0.923 bits per heavy atom. The predicted molar refractivity (Wildman–Crippen MR) is 204 cm³/mol. The molecule has 52 heavy (non-hydrogen) atoms. The van der Waals surface area contributed by atoms with Gasteiger partial charge in [0, 0.05) is 19.5 Å². The lowest BCUT2D eigenvalue weighted by Crippen LogP contribution is -2.66. The van der Waals surface area contributed by atoms with Crippen LogP contribution in [0.3, 0.4) is 0 Å². The first-order chi connectivity index (χ1) is 24.3. The number of rotatable bonds is 6. The summed E-state index contributed by atoms with van der Waals surface area (Å²) >= 11 is 0. The molecule has 7 rings (SSSR count). The molecule has 6 aliphatic rings. The minimum Gasteiger partial charge on any atom is -0.465 e. The van der Waals surface area contributed by atoms with Gasteiger partial charge in [-0.05, 0) is 125 Å². The van der Waals surface area contributed by atoms with E-state index in [0.29, 0.717) is 36.9 Å². The Labute approximate surface area is 311 Å². The van der Waals surface area contributed by atoms with Crippen molar-refractivity contribution in [3.63, 3.8) is 0 Å². The maximum absolute atomic E-state index is 14.0. The summed E-state index contributed by atoms with van der Waals surface area (Å²) in [7, 11) is -1.62. The number of ether oxygens (including phenoxy) is 1. The Bertz CT molecular complexity index is 1830. The molecule has 5 aliphatic carbocycles. The number of Topliss-reactive ketones (excluding diaryl/α,β-unsaturated/α-hetero) is 1. The fourth-order valence-corrected chi connectivity index (χ4v) is 14.5. The van der Waals surface area contributed by atoms with Gasteiger partial charge < -0.3 is 10.1 Å². The van der Waals surface area contributed by atoms with Crippen LogP contribution >= 0.6 is 0 Å². The van der Waals surface area contributed by atoms with Crippen LogP contribution in [0.25, 0.3) is 5.57 Å². The number of ketones is 1. The molecule has 0 aromatic heterocycles. The van der Waals surface area contributed by atoms with Crippen molar-refractivity contribution in [1.82, 2.24) is 10.2 Å². The number of amides is 1. The van der Waals surface area contributed by atoms with Crippen molar-refractivity contribution in [2.24, 2.45) is 45.3 Å². The van der Waals surface area contributed by atoms with Crippen molar-refractivity contribution in [1.29, 1.82) is 0 Å². The molecule has 4 fully saturated rings. The number of hydrogen-bond acceptors (Lipinski definition) is 7. The minimum absolute atomic E-state index is 0.0166. The molecule has 7 atom stereocenters. The van der Waals surface area contributed by atoms with Crippen LogP contribution in [0.4, 0.5) is 0 Å². The van der Waals surface area contributed by atoms with Gasteiger partial charge in [-0.2, -0.15) is 0 Å². The molecular weight excluding hydrogens is 673 g/mol. The van der Waals surface area contributed by atoms with Crippen molar-refractivity contribution >= 4 is 33.1 Å². The maximum Gasteiger partial charge on any atom is 0.337 e. The van der Waals surface area contributed by atoms with Gasteiger partial charge in [-0.25, -0.2) is 13.2 Å². The van der Waals surface area contributed by atoms with E-state index in [-0.39, 0.29) is 69.2 Å². The Kier molecular flexibility index (Phi) is 9.12. The molecule has 1 heterocycles. The standard InChI is InChI=1S/C43H60N2O6S/c1-27(2)36-32(46)25-43(44-35(47)26-45-21-23-52(49,50)24-22-45)20-19-41(6)31(37(36)43)13-14-34-40(5)17-15-30(28-9-11-29(12-10-28)38(48)51-8)39(3,4)33(40)16-18-42(34,41)7/h9-12,15,27,31,33-34H,13-14,16-26H2,1-8H3,(H,44,47)/t31?,33?,34?,40-,41+,42+,43+/m0/s1. The molecule has 3 unspecified atom stereocenters. The van der Waals surface area contributed by atoms with E-state index < -0.39 is 15.4 Å². The van der Waals surface area contributed by atoms with E-state index in [4.69, 9.17) is 4.74 Å². The lowest BCUT2D eigenvalue weighted by molar-refractivity contribution is -0.194. The van der Waals surface area contributed by atoms with Gasteiger partial charge in [0.15, 0.2) is 15.6 Å². The van der Waals surface area contributed by atoms with Crippen molar-refractivity contribution in [3.05, 3.63) is 52.6 Å². The van der Waals surface area contributed by atoms with E-state index >= 15 is 0 Å². The van der Waals surface area contributed by atoms with Gasteiger partial charge in [-0.1, -0.05) is 66.7 Å². The summed E-state index contributed by atoms with van der Waals surface area (Å²) in [6.07, 6.45) is 9.98. The number of benzene rings is 1. The fourth-order valence-electron chi connectivity index (χ4n) is 13.2. The summed E-state index contributed by atoms with van der Waals surface area (Å²) < 4.78 is 29.0. The van der Waals surface area contributed by atoms with Crippen LogP contribution < -0.4 is 5.32 Å². The number of methoxy groups -OCH3 is 1. The normalized spacial score (nSPS) is 38.1. The highest BCUT2D eigenvalue weighted by Crippen LogP contribution is 2.76. The second kappa shape index (κ2) is 12.6. The van der Waals surface area contributed by atoms with Crippen LogP contribution in [0.1, 0.15) is 116 Å². The molecule has 1 saturated heterocycles. The number of esters is 1. The second-order valence-corrected chi connectivity index (χ2v) is 21.2. The molecule has 0 radical (unpaired) electrons. The number of hydrogen-bond donors (Lipinski definition) is 1. The highest BCUT2D eigenvalue weighted by Gasteiger charge is 2.69. The number of sulfone groups is 1. The first kappa shape index (κ1) is 37.5. The molecule has 1 aromatic carbocycles. The van der Waals surface area contributed by atoms with Crippen LogP contribution in [0.5, 0.6) is 0 Å². The summed E-state index contributed by atoms with van der Waals surface area (Å²) in [6, 6.07) is 7.92. The predicted octanol–water partition coefficient (Wildman–Crippen LogP) is 7.05. The van der Waals surface area contributed by atoms with Crippen molar-refractivity contribution in [2.45, 2.75) is 105 Å². The molecular formula is C43H60N2O6S. The van der Waals surface area contributed by atoms with Crippen LogP contribution in [-0.4, -0.2) is 74.8 Å². The Morgan fingerprint density at radius 3 is 2.23 bits per heavy atom. The molecule has 284 valence electrons. The third kappa shape index (κ3) is 5.60. The summed E-state index contributed by atoms with van der Waals surface area (Å²) in [6.45, 7) is 17.7. The van der Waals surface area contributed by atoms with Crippen LogP contribution in [0, 0.1) is 45.3 Å². The Balaban J connectivity index is 1.19. The van der Waals surface area contributed by atoms with E-state index in [9.17, 15) is 22.8 Å².